The molecule has 1 aromatic rings. The van der Waals surface area contributed by atoms with Crippen LogP contribution in [0.25, 0.3) is 0 Å². The van der Waals surface area contributed by atoms with Crippen molar-refractivity contribution in [1.29, 1.82) is 0 Å². The summed E-state index contributed by atoms with van der Waals surface area (Å²) in [5.74, 6) is 0.901. The van der Waals surface area contributed by atoms with Gasteiger partial charge in [-0.15, -0.1) is 0 Å². The van der Waals surface area contributed by atoms with E-state index < -0.39 is 0 Å². The second-order valence-electron chi connectivity index (χ2n) is 6.37. The van der Waals surface area contributed by atoms with Crippen LogP contribution in [0.4, 0.5) is 0 Å². The van der Waals surface area contributed by atoms with Crippen molar-refractivity contribution in [2.75, 3.05) is 33.2 Å². The zero-order valence-electron chi connectivity index (χ0n) is 12.1. The number of likely N-dealkylation sites (N-methyl/N-ethyl adjacent to an activating group) is 1. The zero-order valence-corrected chi connectivity index (χ0v) is 12.1. The summed E-state index contributed by atoms with van der Waals surface area (Å²) in [6.45, 7) is 5.20. The highest BCUT2D eigenvalue weighted by Gasteiger charge is 2.28. The van der Waals surface area contributed by atoms with Crippen molar-refractivity contribution in [2.24, 2.45) is 5.92 Å². The molecule has 2 heterocycles. The van der Waals surface area contributed by atoms with Gasteiger partial charge in [0.15, 0.2) is 0 Å². The van der Waals surface area contributed by atoms with Crippen molar-refractivity contribution in [3.05, 3.63) is 35.9 Å². The van der Waals surface area contributed by atoms with E-state index in [0.717, 1.165) is 12.0 Å². The molecule has 2 saturated heterocycles. The van der Waals surface area contributed by atoms with Crippen molar-refractivity contribution in [2.45, 2.75) is 31.7 Å². The Kier molecular flexibility index (Phi) is 4.19. The van der Waals surface area contributed by atoms with Gasteiger partial charge in [0, 0.05) is 12.6 Å². The molecule has 2 fully saturated rings. The van der Waals surface area contributed by atoms with Crippen molar-refractivity contribution in [3.63, 3.8) is 0 Å². The fourth-order valence-electron chi connectivity index (χ4n) is 3.68. The molecule has 0 aliphatic carbocycles. The van der Waals surface area contributed by atoms with Crippen LogP contribution < -0.4 is 0 Å². The van der Waals surface area contributed by atoms with Crippen molar-refractivity contribution in [1.82, 2.24) is 9.80 Å². The zero-order chi connectivity index (χ0) is 13.1. The summed E-state index contributed by atoms with van der Waals surface area (Å²) in [4.78, 5) is 5.21. The maximum absolute atomic E-state index is 2.74. The van der Waals surface area contributed by atoms with E-state index in [1.807, 2.05) is 0 Å². The summed E-state index contributed by atoms with van der Waals surface area (Å²) in [7, 11) is 2.25. The monoisotopic (exact) mass is 258 g/mol. The Labute approximate surface area is 117 Å². The van der Waals surface area contributed by atoms with Gasteiger partial charge in [-0.2, -0.15) is 0 Å². The maximum Gasteiger partial charge on any atom is 0.0235 e. The lowest BCUT2D eigenvalue weighted by Gasteiger charge is -2.36. The molecule has 0 aromatic heterocycles. The molecule has 2 aliphatic rings. The van der Waals surface area contributed by atoms with E-state index >= 15 is 0 Å². The lowest BCUT2D eigenvalue weighted by molar-refractivity contribution is 0.135. The maximum atomic E-state index is 2.74. The van der Waals surface area contributed by atoms with E-state index in [1.165, 1.54) is 57.4 Å². The Morgan fingerprint density at radius 1 is 1.00 bits per heavy atom. The van der Waals surface area contributed by atoms with Crippen molar-refractivity contribution < 1.29 is 0 Å². The van der Waals surface area contributed by atoms with Crippen LogP contribution >= 0.6 is 0 Å². The average molecular weight is 258 g/mol. The lowest BCUT2D eigenvalue weighted by Crippen LogP contribution is -2.42. The Bertz CT molecular complexity index is 382. The fraction of sp³-hybridized carbons (Fsp3) is 0.647. The van der Waals surface area contributed by atoms with E-state index in [2.05, 4.69) is 47.2 Å². The van der Waals surface area contributed by atoms with Gasteiger partial charge in [-0.1, -0.05) is 30.3 Å². The summed E-state index contributed by atoms with van der Waals surface area (Å²) >= 11 is 0. The van der Waals surface area contributed by atoms with Gasteiger partial charge < -0.3 is 4.90 Å². The molecule has 19 heavy (non-hydrogen) atoms. The Morgan fingerprint density at radius 2 is 1.74 bits per heavy atom. The number of hydrogen-bond acceptors (Lipinski definition) is 2. The Morgan fingerprint density at radius 3 is 2.37 bits per heavy atom. The molecule has 0 spiro atoms. The van der Waals surface area contributed by atoms with E-state index in [-0.39, 0.29) is 0 Å². The Hall–Kier alpha value is -0.860. The lowest BCUT2D eigenvalue weighted by atomic mass is 9.89. The highest BCUT2D eigenvalue weighted by atomic mass is 15.2. The topological polar surface area (TPSA) is 6.48 Å². The normalized spacial score (nSPS) is 26.9. The molecule has 1 atom stereocenters. The van der Waals surface area contributed by atoms with Crippen LogP contribution in [-0.4, -0.2) is 49.1 Å². The van der Waals surface area contributed by atoms with E-state index in [9.17, 15) is 0 Å². The predicted molar refractivity (Wildman–Crippen MR) is 80.3 cm³/mol. The van der Waals surface area contributed by atoms with E-state index in [0.29, 0.717) is 0 Å². The predicted octanol–water partition coefficient (Wildman–Crippen LogP) is 2.65. The van der Waals surface area contributed by atoms with Gasteiger partial charge in [0.1, 0.15) is 0 Å². The molecule has 1 aromatic carbocycles. The number of hydrogen-bond donors (Lipinski definition) is 0. The molecule has 3 rings (SSSR count). The molecule has 2 nitrogen and oxygen atoms in total. The molecular weight excluding hydrogens is 232 g/mol. The van der Waals surface area contributed by atoms with Gasteiger partial charge in [-0.3, -0.25) is 4.90 Å². The second kappa shape index (κ2) is 6.06. The molecule has 2 heteroatoms. The van der Waals surface area contributed by atoms with Gasteiger partial charge in [0.2, 0.25) is 0 Å². The SMILES string of the molecule is CN1CCC(N2CCC(Cc3ccccc3)CC2)C1. The van der Waals surface area contributed by atoms with Crippen LogP contribution in [0.1, 0.15) is 24.8 Å². The van der Waals surface area contributed by atoms with Crippen molar-refractivity contribution in [3.8, 4) is 0 Å². The summed E-state index contributed by atoms with van der Waals surface area (Å²) < 4.78 is 0. The van der Waals surface area contributed by atoms with Crippen LogP contribution in [0.2, 0.25) is 0 Å². The highest BCUT2D eigenvalue weighted by Crippen LogP contribution is 2.25. The second-order valence-corrected chi connectivity index (χ2v) is 6.37. The quantitative estimate of drug-likeness (QED) is 0.822. The molecule has 0 saturated carbocycles. The molecule has 104 valence electrons. The first kappa shape index (κ1) is 13.1. The minimum absolute atomic E-state index is 0.836. The third-order valence-corrected chi connectivity index (χ3v) is 4.90. The van der Waals surface area contributed by atoms with Gasteiger partial charge in [0.25, 0.3) is 0 Å². The first-order chi connectivity index (χ1) is 9.31. The fourth-order valence-corrected chi connectivity index (χ4v) is 3.68. The summed E-state index contributed by atoms with van der Waals surface area (Å²) in [5.41, 5.74) is 1.52. The molecule has 0 radical (unpaired) electrons. The molecule has 2 aliphatic heterocycles. The van der Waals surface area contributed by atoms with Gasteiger partial charge >= 0.3 is 0 Å². The standard InChI is InChI=1S/C17H26N2/c1-18-10-9-17(14-18)19-11-7-16(8-12-19)13-15-5-3-2-4-6-15/h2-6,16-17H,7-14H2,1H3. The van der Waals surface area contributed by atoms with E-state index in [1.54, 1.807) is 0 Å². The number of nitrogens with zero attached hydrogens (tertiary/aromatic N) is 2. The average Bonchev–Trinajstić information content (AvgIpc) is 2.87. The van der Waals surface area contributed by atoms with Gasteiger partial charge in [-0.25, -0.2) is 0 Å². The molecule has 0 N–H and O–H groups in total. The number of likely N-dealkylation sites (tertiary alicyclic amines) is 2. The van der Waals surface area contributed by atoms with Crippen LogP contribution in [0.3, 0.4) is 0 Å². The minimum atomic E-state index is 0.836. The molecule has 1 unspecified atom stereocenters. The van der Waals surface area contributed by atoms with Crippen LogP contribution in [0.5, 0.6) is 0 Å². The molecule has 0 bridgehead atoms. The summed E-state index contributed by atoms with van der Waals surface area (Å²) in [6.07, 6.45) is 5.42. The summed E-state index contributed by atoms with van der Waals surface area (Å²) in [6, 6.07) is 11.8. The first-order valence-electron chi connectivity index (χ1n) is 7.78. The highest BCUT2D eigenvalue weighted by molar-refractivity contribution is 5.15. The smallest absolute Gasteiger partial charge is 0.0235 e. The minimum Gasteiger partial charge on any atom is -0.305 e. The number of rotatable bonds is 3. The molecular formula is C17H26N2. The summed E-state index contributed by atoms with van der Waals surface area (Å²) in [5, 5.41) is 0. The third-order valence-electron chi connectivity index (χ3n) is 4.90. The first-order valence-corrected chi connectivity index (χ1v) is 7.78. The largest absolute Gasteiger partial charge is 0.305 e. The third kappa shape index (κ3) is 3.37. The Balaban J connectivity index is 1.47. The number of piperidine rings is 1. The van der Waals surface area contributed by atoms with Crippen molar-refractivity contribution >= 4 is 0 Å². The van der Waals surface area contributed by atoms with Gasteiger partial charge in [0.05, 0.1) is 0 Å². The molecule has 0 amide bonds. The van der Waals surface area contributed by atoms with Crippen LogP contribution in [0, 0.1) is 5.92 Å². The van der Waals surface area contributed by atoms with E-state index in [4.69, 9.17) is 0 Å². The van der Waals surface area contributed by atoms with Crippen LogP contribution in [0.15, 0.2) is 30.3 Å². The van der Waals surface area contributed by atoms with Crippen LogP contribution in [-0.2, 0) is 6.42 Å². The number of benzene rings is 1. The van der Waals surface area contributed by atoms with Gasteiger partial charge in [-0.05, 0) is 63.8 Å².